The first kappa shape index (κ1) is 20.7. The van der Waals surface area contributed by atoms with E-state index in [1.54, 1.807) is 0 Å². The first-order valence-electron chi connectivity index (χ1n) is 10.1. The molecule has 0 unspecified atom stereocenters. The Morgan fingerprint density at radius 2 is 1.96 bits per heavy atom. The van der Waals surface area contributed by atoms with E-state index in [1.807, 2.05) is 34.2 Å². The van der Waals surface area contributed by atoms with Crippen LogP contribution in [0, 0.1) is 5.92 Å². The summed E-state index contributed by atoms with van der Waals surface area (Å²) in [6.07, 6.45) is 4.12. The van der Waals surface area contributed by atoms with Gasteiger partial charge >= 0.3 is 0 Å². The van der Waals surface area contributed by atoms with E-state index in [4.69, 9.17) is 4.74 Å². The van der Waals surface area contributed by atoms with Gasteiger partial charge in [-0.25, -0.2) is 0 Å². The van der Waals surface area contributed by atoms with Crippen LogP contribution >= 0.6 is 11.8 Å². The van der Waals surface area contributed by atoms with Gasteiger partial charge in [0.05, 0.1) is 12.4 Å². The molecule has 3 rings (SSSR count). The number of piperidine rings is 1. The summed E-state index contributed by atoms with van der Waals surface area (Å²) in [5.41, 5.74) is 0.834. The number of carbonyl (C=O) groups excluding carboxylic acids is 1. The quantitative estimate of drug-likeness (QED) is 0.627. The molecule has 1 saturated heterocycles. The van der Waals surface area contributed by atoms with E-state index in [2.05, 4.69) is 29.1 Å². The van der Waals surface area contributed by atoms with Gasteiger partial charge in [-0.3, -0.25) is 9.48 Å². The highest BCUT2D eigenvalue weighted by atomic mass is 32.2. The molecule has 0 radical (unpaired) electrons. The lowest BCUT2D eigenvalue weighted by atomic mass is 9.99. The SMILES string of the molecule is CCOc1nn(CC)cc1-c1nnc(SCC(=O)N2CCC(C)CC2)n1CC. The highest BCUT2D eigenvalue weighted by molar-refractivity contribution is 7.99. The number of thioether (sulfide) groups is 1. The molecule has 2 aromatic heterocycles. The van der Waals surface area contributed by atoms with Crippen LogP contribution in [0.2, 0.25) is 0 Å². The van der Waals surface area contributed by atoms with Gasteiger partial charge in [0.2, 0.25) is 11.8 Å². The van der Waals surface area contributed by atoms with E-state index in [9.17, 15) is 4.79 Å². The summed E-state index contributed by atoms with van der Waals surface area (Å²) < 4.78 is 9.55. The van der Waals surface area contributed by atoms with Crippen molar-refractivity contribution in [2.24, 2.45) is 5.92 Å². The second-order valence-corrected chi connectivity index (χ2v) is 7.98. The molecular weight excluding hydrogens is 376 g/mol. The minimum Gasteiger partial charge on any atom is -0.476 e. The van der Waals surface area contributed by atoms with Gasteiger partial charge in [0.15, 0.2) is 11.0 Å². The molecule has 0 spiro atoms. The van der Waals surface area contributed by atoms with Crippen molar-refractivity contribution in [2.75, 3.05) is 25.4 Å². The molecule has 0 N–H and O–H groups in total. The summed E-state index contributed by atoms with van der Waals surface area (Å²) in [5, 5.41) is 13.9. The maximum Gasteiger partial charge on any atom is 0.243 e. The van der Waals surface area contributed by atoms with Gasteiger partial charge in [0, 0.05) is 32.4 Å². The maximum absolute atomic E-state index is 12.6. The Morgan fingerprint density at radius 3 is 2.61 bits per heavy atom. The number of ether oxygens (including phenoxy) is 1. The Kier molecular flexibility index (Phi) is 6.98. The van der Waals surface area contributed by atoms with Gasteiger partial charge < -0.3 is 14.2 Å². The number of hydrogen-bond acceptors (Lipinski definition) is 6. The van der Waals surface area contributed by atoms with Gasteiger partial charge in [0.1, 0.15) is 5.56 Å². The van der Waals surface area contributed by atoms with Crippen LogP contribution in [0.4, 0.5) is 0 Å². The van der Waals surface area contributed by atoms with Crippen molar-refractivity contribution in [3.63, 3.8) is 0 Å². The Balaban J connectivity index is 1.74. The number of hydrogen-bond donors (Lipinski definition) is 0. The van der Waals surface area contributed by atoms with Crippen LogP contribution in [0.5, 0.6) is 5.88 Å². The molecule has 0 bridgehead atoms. The first-order valence-corrected chi connectivity index (χ1v) is 11.1. The summed E-state index contributed by atoms with van der Waals surface area (Å²) in [5.74, 6) is 2.58. The lowest BCUT2D eigenvalue weighted by molar-refractivity contribution is -0.129. The Labute approximate surface area is 170 Å². The average molecular weight is 407 g/mol. The van der Waals surface area contributed by atoms with Crippen LogP contribution in [0.3, 0.4) is 0 Å². The fourth-order valence-corrected chi connectivity index (χ4v) is 4.22. The molecule has 3 heterocycles. The number of amides is 1. The average Bonchev–Trinajstić information content (AvgIpc) is 3.30. The third-order valence-corrected chi connectivity index (χ3v) is 6.02. The number of rotatable bonds is 8. The molecule has 1 aliphatic heterocycles. The predicted molar refractivity (Wildman–Crippen MR) is 109 cm³/mol. The normalized spacial score (nSPS) is 15.2. The number of carbonyl (C=O) groups is 1. The second-order valence-electron chi connectivity index (χ2n) is 7.04. The zero-order chi connectivity index (χ0) is 20.1. The molecule has 154 valence electrons. The summed E-state index contributed by atoms with van der Waals surface area (Å²) in [6.45, 7) is 12.0. The van der Waals surface area contributed by atoms with Gasteiger partial charge in [-0.15, -0.1) is 15.3 Å². The summed E-state index contributed by atoms with van der Waals surface area (Å²) >= 11 is 1.45. The van der Waals surface area contributed by atoms with Crippen LogP contribution in [-0.4, -0.2) is 60.8 Å². The van der Waals surface area contributed by atoms with Crippen molar-refractivity contribution in [3.05, 3.63) is 6.20 Å². The lowest BCUT2D eigenvalue weighted by Crippen LogP contribution is -2.38. The molecule has 0 aliphatic carbocycles. The smallest absolute Gasteiger partial charge is 0.243 e. The largest absolute Gasteiger partial charge is 0.476 e. The molecule has 2 aromatic rings. The van der Waals surface area contributed by atoms with Crippen molar-refractivity contribution in [2.45, 2.75) is 58.8 Å². The van der Waals surface area contributed by atoms with Crippen molar-refractivity contribution < 1.29 is 9.53 Å². The van der Waals surface area contributed by atoms with Crippen LogP contribution in [0.1, 0.15) is 40.5 Å². The van der Waals surface area contributed by atoms with Crippen LogP contribution in [0.25, 0.3) is 11.4 Å². The van der Waals surface area contributed by atoms with Crippen molar-refractivity contribution >= 4 is 17.7 Å². The fourth-order valence-electron chi connectivity index (χ4n) is 3.32. The Hall–Kier alpha value is -2.03. The van der Waals surface area contributed by atoms with Crippen LogP contribution in [0.15, 0.2) is 11.4 Å². The zero-order valence-corrected chi connectivity index (χ0v) is 18.0. The Bertz CT molecular complexity index is 794. The van der Waals surface area contributed by atoms with E-state index < -0.39 is 0 Å². The van der Waals surface area contributed by atoms with Gasteiger partial charge in [-0.2, -0.15) is 0 Å². The molecule has 28 heavy (non-hydrogen) atoms. The molecule has 0 atom stereocenters. The van der Waals surface area contributed by atoms with Crippen molar-refractivity contribution in [3.8, 4) is 17.3 Å². The van der Waals surface area contributed by atoms with Crippen LogP contribution < -0.4 is 4.74 Å². The molecule has 9 heteroatoms. The van der Waals surface area contributed by atoms with Gasteiger partial charge in [0.25, 0.3) is 0 Å². The molecule has 0 saturated carbocycles. The van der Waals surface area contributed by atoms with Gasteiger partial charge in [-0.1, -0.05) is 18.7 Å². The molecule has 0 aromatic carbocycles. The standard InChI is InChI=1S/C19H30N6O2S/c1-5-24-12-15(18(22-24)27-7-3)17-20-21-19(25(17)6-2)28-13-16(26)23-10-8-14(4)9-11-23/h12,14H,5-11,13H2,1-4H3. The second kappa shape index (κ2) is 9.45. The Morgan fingerprint density at radius 1 is 1.21 bits per heavy atom. The van der Waals surface area contributed by atoms with Gasteiger partial charge in [-0.05, 0) is 39.5 Å². The first-order chi connectivity index (χ1) is 13.6. The van der Waals surface area contributed by atoms with E-state index >= 15 is 0 Å². The molecular formula is C19H30N6O2S. The molecule has 1 aliphatic rings. The predicted octanol–water partition coefficient (Wildman–Crippen LogP) is 2.93. The van der Waals surface area contributed by atoms with Crippen molar-refractivity contribution in [1.29, 1.82) is 0 Å². The zero-order valence-electron chi connectivity index (χ0n) is 17.2. The highest BCUT2D eigenvalue weighted by Crippen LogP contribution is 2.30. The summed E-state index contributed by atoms with van der Waals surface area (Å²) in [7, 11) is 0. The summed E-state index contributed by atoms with van der Waals surface area (Å²) in [4.78, 5) is 14.5. The third kappa shape index (κ3) is 4.51. The lowest BCUT2D eigenvalue weighted by Gasteiger charge is -2.30. The summed E-state index contributed by atoms with van der Waals surface area (Å²) in [6, 6.07) is 0. The number of aryl methyl sites for hydroxylation is 1. The fraction of sp³-hybridized carbons (Fsp3) is 0.684. The monoisotopic (exact) mass is 406 g/mol. The van der Waals surface area contributed by atoms with Crippen molar-refractivity contribution in [1.82, 2.24) is 29.4 Å². The number of nitrogens with zero attached hydrogens (tertiary/aromatic N) is 6. The maximum atomic E-state index is 12.6. The van der Waals surface area contributed by atoms with E-state index in [0.29, 0.717) is 30.7 Å². The minimum absolute atomic E-state index is 0.179. The van der Waals surface area contributed by atoms with E-state index in [0.717, 1.165) is 49.0 Å². The molecule has 8 nitrogen and oxygen atoms in total. The topological polar surface area (TPSA) is 78.1 Å². The third-order valence-electron chi connectivity index (χ3n) is 5.07. The van der Waals surface area contributed by atoms with Crippen LogP contribution in [-0.2, 0) is 17.9 Å². The molecule has 1 fully saturated rings. The molecule has 1 amide bonds. The number of likely N-dealkylation sites (tertiary alicyclic amines) is 1. The van der Waals surface area contributed by atoms with E-state index in [-0.39, 0.29) is 5.91 Å². The highest BCUT2D eigenvalue weighted by Gasteiger charge is 2.23. The number of aromatic nitrogens is 5. The van der Waals surface area contributed by atoms with E-state index in [1.165, 1.54) is 11.8 Å². The minimum atomic E-state index is 0.179.